The fourth-order valence-electron chi connectivity index (χ4n) is 2.54. The van der Waals surface area contributed by atoms with Gasteiger partial charge in [-0.15, -0.1) is 0 Å². The first-order valence-electron chi connectivity index (χ1n) is 9.22. The minimum absolute atomic E-state index is 0.0986. The van der Waals surface area contributed by atoms with Gasteiger partial charge in [0.1, 0.15) is 0 Å². The van der Waals surface area contributed by atoms with E-state index in [1.807, 2.05) is 9.88 Å². The number of aliphatic hydroxyl groups is 3. The molecule has 160 valence electrons. The quantitative estimate of drug-likeness (QED) is 0.529. The molecule has 4 unspecified atom stereocenters. The number of methoxy groups -OCH3 is 1. The Bertz CT molecular complexity index is 604. The SMILES string of the molecule is CC(O)CC(C)O.CC1CC(C)Oc2c[se]cc2O1.COc1c[se]cc1CO. The third-order valence-corrected chi connectivity index (χ3v) is 6.77. The predicted molar refractivity (Wildman–Crippen MR) is 112 cm³/mol. The molecule has 1 aliphatic rings. The Morgan fingerprint density at radius 3 is 1.86 bits per heavy atom. The summed E-state index contributed by atoms with van der Waals surface area (Å²) in [6, 6.07) is 0. The Labute approximate surface area is 179 Å². The Morgan fingerprint density at radius 1 is 1.00 bits per heavy atom. The van der Waals surface area contributed by atoms with Crippen LogP contribution in [0.5, 0.6) is 17.2 Å². The fraction of sp³-hybridized carbons (Fsp3) is 0.600. The molecule has 2 aromatic rings. The third-order valence-electron chi connectivity index (χ3n) is 3.69. The zero-order chi connectivity index (χ0) is 21.1. The van der Waals surface area contributed by atoms with Crippen molar-refractivity contribution in [3.05, 3.63) is 25.3 Å². The molecule has 8 heteroatoms. The van der Waals surface area contributed by atoms with E-state index in [4.69, 9.17) is 29.5 Å². The summed E-state index contributed by atoms with van der Waals surface area (Å²) < 4.78 is 16.3. The normalized spacial score (nSPS) is 19.9. The van der Waals surface area contributed by atoms with Gasteiger partial charge in [0.2, 0.25) is 0 Å². The molecule has 4 atom stereocenters. The third kappa shape index (κ3) is 9.66. The number of ether oxygens (including phenoxy) is 3. The molecule has 0 saturated carbocycles. The van der Waals surface area contributed by atoms with Crippen LogP contribution in [0, 0.1) is 0 Å². The van der Waals surface area contributed by atoms with Gasteiger partial charge in [-0.25, -0.2) is 0 Å². The zero-order valence-corrected chi connectivity index (χ0v) is 20.5. The van der Waals surface area contributed by atoms with Gasteiger partial charge in [-0.2, -0.15) is 0 Å². The van der Waals surface area contributed by atoms with Crippen LogP contribution in [0.15, 0.2) is 19.8 Å². The van der Waals surface area contributed by atoms with Crippen molar-refractivity contribution in [2.75, 3.05) is 7.11 Å². The van der Waals surface area contributed by atoms with Crippen LogP contribution in [0.4, 0.5) is 0 Å². The number of hydrogen-bond donors (Lipinski definition) is 3. The zero-order valence-electron chi connectivity index (χ0n) is 17.1. The average molecular weight is 526 g/mol. The van der Waals surface area contributed by atoms with E-state index >= 15 is 0 Å². The van der Waals surface area contributed by atoms with Crippen molar-refractivity contribution in [3.63, 3.8) is 0 Å². The summed E-state index contributed by atoms with van der Waals surface area (Å²) in [6.45, 7) is 7.60. The molecule has 0 spiro atoms. The van der Waals surface area contributed by atoms with Crippen LogP contribution in [0.3, 0.4) is 0 Å². The van der Waals surface area contributed by atoms with Crippen LogP contribution in [0.25, 0.3) is 0 Å². The van der Waals surface area contributed by atoms with Gasteiger partial charge >= 0.3 is 137 Å². The first kappa shape index (κ1) is 25.3. The predicted octanol–water partition coefficient (Wildman–Crippen LogP) is 2.06. The van der Waals surface area contributed by atoms with Crippen molar-refractivity contribution < 1.29 is 29.5 Å². The number of fused-ring (bicyclic) bond motifs is 1. The molecule has 2 aromatic heterocycles. The van der Waals surface area contributed by atoms with E-state index < -0.39 is 0 Å². The standard InChI is InChI=1S/C9H12O2Se.C6H8O2Se.C5H12O2/c1-6-3-7(2)11-9-5-12-4-8(9)10-6;1-8-6-4-9-3-5(6)2-7;1-4(6)3-5(2)7/h4-7H,3H2,1-2H3;3-4,7H,2H2,1H3;4-7H,3H2,1-2H3. The van der Waals surface area contributed by atoms with E-state index in [1.54, 1.807) is 21.0 Å². The summed E-state index contributed by atoms with van der Waals surface area (Å²) in [7, 11) is 1.62. The molecule has 0 fully saturated rings. The Balaban J connectivity index is 0.000000220. The van der Waals surface area contributed by atoms with Gasteiger partial charge in [-0.3, -0.25) is 0 Å². The van der Waals surface area contributed by atoms with Crippen LogP contribution in [-0.2, 0) is 6.61 Å². The second kappa shape index (κ2) is 13.5. The van der Waals surface area contributed by atoms with Crippen molar-refractivity contribution in [2.45, 2.75) is 71.6 Å². The monoisotopic (exact) mass is 528 g/mol. The van der Waals surface area contributed by atoms with Gasteiger partial charge in [0.05, 0.1) is 12.2 Å². The van der Waals surface area contributed by atoms with Crippen molar-refractivity contribution >= 4 is 29.0 Å². The van der Waals surface area contributed by atoms with Gasteiger partial charge in [-0.1, -0.05) is 0 Å². The van der Waals surface area contributed by atoms with Crippen molar-refractivity contribution in [3.8, 4) is 17.2 Å². The summed E-state index contributed by atoms with van der Waals surface area (Å²) in [5, 5.41) is 25.8. The fourth-order valence-corrected chi connectivity index (χ4v) is 5.59. The Kier molecular flexibility index (Phi) is 12.2. The molecular weight excluding hydrogens is 494 g/mol. The molecule has 0 radical (unpaired) electrons. The summed E-state index contributed by atoms with van der Waals surface area (Å²) in [4.78, 5) is 8.30. The van der Waals surface area contributed by atoms with Gasteiger partial charge in [-0.05, 0) is 20.3 Å². The molecule has 0 aliphatic carbocycles. The van der Waals surface area contributed by atoms with E-state index in [1.165, 1.54) is 0 Å². The van der Waals surface area contributed by atoms with E-state index in [-0.39, 0.29) is 31.0 Å². The van der Waals surface area contributed by atoms with Gasteiger partial charge in [0, 0.05) is 0 Å². The first-order valence-corrected chi connectivity index (χ1v) is 13.2. The molecule has 3 N–H and O–H groups in total. The van der Waals surface area contributed by atoms with Gasteiger partial charge in [0.25, 0.3) is 0 Å². The van der Waals surface area contributed by atoms with Crippen LogP contribution in [-0.4, -0.2) is 75.9 Å². The summed E-state index contributed by atoms with van der Waals surface area (Å²) in [5.74, 6) is 2.77. The first-order chi connectivity index (χ1) is 13.3. The van der Waals surface area contributed by atoms with Crippen LogP contribution in [0.1, 0.15) is 46.1 Å². The molecule has 1 aliphatic heterocycles. The van der Waals surface area contributed by atoms with Crippen LogP contribution < -0.4 is 14.2 Å². The molecular formula is C20H32O6Se2. The summed E-state index contributed by atoms with van der Waals surface area (Å²) >= 11 is 0.852. The molecule has 3 rings (SSSR count). The van der Waals surface area contributed by atoms with Crippen molar-refractivity contribution in [1.29, 1.82) is 0 Å². The second-order valence-electron chi connectivity index (χ2n) is 6.75. The maximum absolute atomic E-state index is 8.69. The Hall–Kier alpha value is -0.721. The van der Waals surface area contributed by atoms with Crippen LogP contribution in [0.2, 0.25) is 0 Å². The van der Waals surface area contributed by atoms with Crippen molar-refractivity contribution in [1.82, 2.24) is 0 Å². The second-order valence-corrected chi connectivity index (χ2v) is 9.87. The van der Waals surface area contributed by atoms with E-state index in [0.717, 1.165) is 29.2 Å². The number of rotatable bonds is 4. The number of hydrogen-bond acceptors (Lipinski definition) is 6. The minimum atomic E-state index is -0.375. The molecule has 28 heavy (non-hydrogen) atoms. The molecule has 0 bridgehead atoms. The number of aliphatic hydroxyl groups excluding tert-OH is 3. The van der Waals surface area contributed by atoms with E-state index in [0.29, 0.717) is 35.4 Å². The molecule has 3 heterocycles. The van der Waals surface area contributed by atoms with Crippen molar-refractivity contribution in [2.24, 2.45) is 0 Å². The average Bonchev–Trinajstić information content (AvgIpc) is 3.21. The van der Waals surface area contributed by atoms with Gasteiger partial charge < -0.3 is 10.2 Å². The molecule has 0 saturated heterocycles. The van der Waals surface area contributed by atoms with E-state index in [9.17, 15) is 0 Å². The van der Waals surface area contributed by atoms with Gasteiger partial charge in [0.15, 0.2) is 0 Å². The van der Waals surface area contributed by atoms with E-state index in [2.05, 4.69) is 23.7 Å². The summed E-state index contributed by atoms with van der Waals surface area (Å²) in [5.41, 5.74) is 0.928. The molecule has 0 aromatic carbocycles. The molecule has 0 amide bonds. The summed E-state index contributed by atoms with van der Waals surface area (Å²) in [6.07, 6.45) is 1.26. The Morgan fingerprint density at radius 2 is 1.50 bits per heavy atom. The molecule has 6 nitrogen and oxygen atoms in total. The van der Waals surface area contributed by atoms with Crippen LogP contribution >= 0.6 is 0 Å². The topological polar surface area (TPSA) is 88.4 Å². The maximum atomic E-state index is 8.69.